The Morgan fingerprint density at radius 2 is 1.51 bits per heavy atom. The number of hydrogen-bond donors (Lipinski definition) is 1. The summed E-state index contributed by atoms with van der Waals surface area (Å²) in [7, 11) is -2.82. The van der Waals surface area contributed by atoms with Gasteiger partial charge in [-0.05, 0) is 61.4 Å². The highest BCUT2D eigenvalue weighted by Crippen LogP contribution is 2.33. The third-order valence-corrected chi connectivity index (χ3v) is 8.97. The first kappa shape index (κ1) is 31.0. The molecule has 0 heterocycles. The Bertz CT molecular complexity index is 1470. The predicted octanol–water partition coefficient (Wildman–Crippen LogP) is 6.36. The third-order valence-electron chi connectivity index (χ3n) is 6.05. The van der Waals surface area contributed by atoms with Gasteiger partial charge in [0.1, 0.15) is 12.6 Å². The van der Waals surface area contributed by atoms with Crippen LogP contribution >= 0.6 is 46.4 Å². The lowest BCUT2D eigenvalue weighted by Crippen LogP contribution is -2.51. The zero-order valence-electron chi connectivity index (χ0n) is 21.4. The number of sulfonamides is 1. The molecule has 208 valence electrons. The number of hydrogen-bond acceptors (Lipinski definition) is 4. The number of benzene rings is 3. The second-order valence-electron chi connectivity index (χ2n) is 8.72. The highest BCUT2D eigenvalue weighted by atomic mass is 35.5. The number of aryl methyl sites for hydroxylation is 1. The number of nitrogens with one attached hydrogen (secondary N) is 1. The van der Waals surface area contributed by atoms with Crippen LogP contribution in [0.1, 0.15) is 24.5 Å². The fourth-order valence-electron chi connectivity index (χ4n) is 3.95. The molecule has 0 aliphatic carbocycles. The number of likely N-dealkylation sites (N-methyl/N-ethyl adjacent to an activating group) is 1. The van der Waals surface area contributed by atoms with Crippen molar-refractivity contribution in [2.75, 3.05) is 17.9 Å². The van der Waals surface area contributed by atoms with Crippen molar-refractivity contribution >= 4 is 73.9 Å². The summed E-state index contributed by atoms with van der Waals surface area (Å²) >= 11 is 25.0. The summed E-state index contributed by atoms with van der Waals surface area (Å²) in [5, 5.41) is 3.58. The molecule has 39 heavy (non-hydrogen) atoms. The van der Waals surface area contributed by atoms with Crippen LogP contribution in [0.2, 0.25) is 20.1 Å². The van der Waals surface area contributed by atoms with Crippen molar-refractivity contribution in [2.24, 2.45) is 0 Å². The fraction of sp³-hybridized carbons (Fsp3) is 0.259. The van der Waals surface area contributed by atoms with Gasteiger partial charge in [0.2, 0.25) is 11.8 Å². The molecule has 7 nitrogen and oxygen atoms in total. The second kappa shape index (κ2) is 13.2. The number of nitrogens with zero attached hydrogens (tertiary/aromatic N) is 2. The van der Waals surface area contributed by atoms with Crippen molar-refractivity contribution in [1.82, 2.24) is 10.2 Å². The van der Waals surface area contributed by atoms with E-state index in [9.17, 15) is 18.0 Å². The van der Waals surface area contributed by atoms with Gasteiger partial charge < -0.3 is 10.2 Å². The zero-order chi connectivity index (χ0) is 28.9. The van der Waals surface area contributed by atoms with Crippen molar-refractivity contribution < 1.29 is 18.0 Å². The van der Waals surface area contributed by atoms with Crippen LogP contribution in [0.5, 0.6) is 0 Å². The number of carbonyl (C=O) groups excluding carboxylic acids is 2. The molecule has 0 aromatic heterocycles. The first-order valence-electron chi connectivity index (χ1n) is 11.9. The minimum absolute atomic E-state index is 0.0237. The van der Waals surface area contributed by atoms with E-state index in [1.54, 1.807) is 31.2 Å². The summed E-state index contributed by atoms with van der Waals surface area (Å²) in [6.07, 6.45) is 0.263. The molecule has 0 aliphatic rings. The van der Waals surface area contributed by atoms with E-state index < -0.39 is 34.4 Å². The molecule has 2 amide bonds. The van der Waals surface area contributed by atoms with E-state index in [0.29, 0.717) is 15.6 Å². The molecule has 0 saturated heterocycles. The minimum atomic E-state index is -4.28. The molecule has 0 radical (unpaired) electrons. The van der Waals surface area contributed by atoms with Crippen LogP contribution in [0.4, 0.5) is 5.69 Å². The summed E-state index contributed by atoms with van der Waals surface area (Å²) in [4.78, 5) is 28.0. The van der Waals surface area contributed by atoms with Gasteiger partial charge in [0, 0.05) is 28.7 Å². The van der Waals surface area contributed by atoms with Crippen LogP contribution in [0, 0.1) is 6.92 Å². The van der Waals surface area contributed by atoms with Gasteiger partial charge >= 0.3 is 0 Å². The standard InChI is InChI=1S/C27H27Cl4N3O4S/c1-4-24(27(36)32-3)33(15-18-7-8-19(28)13-23(18)31)26(35)16-34(25-14-20(29)9-12-22(25)30)39(37,38)21-10-5-17(2)6-11-21/h5-14,24H,4,15-16H2,1-3H3,(H,32,36). The second-order valence-corrected chi connectivity index (χ2v) is 12.3. The van der Waals surface area contributed by atoms with Gasteiger partial charge in [0.15, 0.2) is 0 Å². The van der Waals surface area contributed by atoms with Crippen LogP contribution in [0.15, 0.2) is 65.6 Å². The molecule has 3 aromatic rings. The largest absolute Gasteiger partial charge is 0.357 e. The first-order chi connectivity index (χ1) is 18.4. The molecule has 0 fully saturated rings. The van der Waals surface area contributed by atoms with Crippen LogP contribution in [0.25, 0.3) is 0 Å². The van der Waals surface area contributed by atoms with Crippen molar-refractivity contribution in [1.29, 1.82) is 0 Å². The lowest BCUT2D eigenvalue weighted by molar-refractivity contribution is -0.140. The average molecular weight is 631 g/mol. The monoisotopic (exact) mass is 629 g/mol. The number of carbonyl (C=O) groups is 2. The third kappa shape index (κ3) is 7.38. The summed E-state index contributed by atoms with van der Waals surface area (Å²) in [6.45, 7) is 2.85. The van der Waals surface area contributed by atoms with Crippen molar-refractivity contribution in [3.63, 3.8) is 0 Å². The predicted molar refractivity (Wildman–Crippen MR) is 157 cm³/mol. The molecule has 1 unspecified atom stereocenters. The smallest absolute Gasteiger partial charge is 0.264 e. The molecule has 3 rings (SSSR count). The quantitative estimate of drug-likeness (QED) is 0.283. The van der Waals surface area contributed by atoms with Crippen LogP contribution in [-0.2, 0) is 26.2 Å². The molecule has 1 atom stereocenters. The van der Waals surface area contributed by atoms with Gasteiger partial charge in [-0.1, -0.05) is 77.1 Å². The van der Waals surface area contributed by atoms with E-state index in [-0.39, 0.29) is 33.6 Å². The fourth-order valence-corrected chi connectivity index (χ4v) is 6.28. The van der Waals surface area contributed by atoms with E-state index in [4.69, 9.17) is 46.4 Å². The number of amides is 2. The molecule has 1 N–H and O–H groups in total. The Morgan fingerprint density at radius 3 is 2.10 bits per heavy atom. The van der Waals surface area contributed by atoms with Crippen LogP contribution in [-0.4, -0.2) is 44.8 Å². The van der Waals surface area contributed by atoms with Gasteiger partial charge in [-0.2, -0.15) is 0 Å². The van der Waals surface area contributed by atoms with Crippen LogP contribution in [0.3, 0.4) is 0 Å². The molecule has 0 saturated carbocycles. The van der Waals surface area contributed by atoms with Gasteiger partial charge in [-0.15, -0.1) is 0 Å². The average Bonchev–Trinajstić information content (AvgIpc) is 2.89. The summed E-state index contributed by atoms with van der Waals surface area (Å²) in [5.41, 5.74) is 1.42. The number of rotatable bonds is 10. The maximum Gasteiger partial charge on any atom is 0.264 e. The first-order valence-corrected chi connectivity index (χ1v) is 14.8. The number of anilines is 1. The zero-order valence-corrected chi connectivity index (χ0v) is 25.3. The molecule has 3 aromatic carbocycles. The van der Waals surface area contributed by atoms with E-state index in [1.807, 2.05) is 6.92 Å². The SMILES string of the molecule is CCC(C(=O)NC)N(Cc1ccc(Cl)cc1Cl)C(=O)CN(c1cc(Cl)ccc1Cl)S(=O)(=O)c1ccc(C)cc1. The van der Waals surface area contributed by atoms with Crippen molar-refractivity contribution in [3.05, 3.63) is 91.9 Å². The highest BCUT2D eigenvalue weighted by molar-refractivity contribution is 7.92. The summed E-state index contributed by atoms with van der Waals surface area (Å²) < 4.78 is 28.7. The normalized spacial score (nSPS) is 12.1. The highest BCUT2D eigenvalue weighted by Gasteiger charge is 2.34. The molecule has 0 aliphatic heterocycles. The molecular formula is C27H27Cl4N3O4S. The van der Waals surface area contributed by atoms with Gasteiger partial charge in [0.05, 0.1) is 15.6 Å². The molecular weight excluding hydrogens is 604 g/mol. The minimum Gasteiger partial charge on any atom is -0.357 e. The summed E-state index contributed by atoms with van der Waals surface area (Å²) in [6, 6.07) is 14.4. The van der Waals surface area contributed by atoms with E-state index in [1.165, 1.54) is 48.3 Å². The van der Waals surface area contributed by atoms with Crippen LogP contribution < -0.4 is 9.62 Å². The molecule has 0 spiro atoms. The lowest BCUT2D eigenvalue weighted by atomic mass is 10.1. The Kier molecular flexibility index (Phi) is 10.5. The lowest BCUT2D eigenvalue weighted by Gasteiger charge is -2.33. The molecule has 0 bridgehead atoms. The van der Waals surface area contributed by atoms with Crippen molar-refractivity contribution in [2.45, 2.75) is 37.8 Å². The van der Waals surface area contributed by atoms with E-state index >= 15 is 0 Å². The Labute approximate surface area is 248 Å². The topological polar surface area (TPSA) is 86.8 Å². The number of halogens is 4. The van der Waals surface area contributed by atoms with Gasteiger partial charge in [0.25, 0.3) is 10.0 Å². The van der Waals surface area contributed by atoms with Crippen molar-refractivity contribution in [3.8, 4) is 0 Å². The van der Waals surface area contributed by atoms with Gasteiger partial charge in [-0.3, -0.25) is 13.9 Å². The maximum absolute atomic E-state index is 14.0. The Hall–Kier alpha value is -2.49. The summed E-state index contributed by atoms with van der Waals surface area (Å²) in [5.74, 6) is -1.06. The van der Waals surface area contributed by atoms with Gasteiger partial charge in [-0.25, -0.2) is 8.42 Å². The maximum atomic E-state index is 14.0. The van der Waals surface area contributed by atoms with E-state index in [0.717, 1.165) is 9.87 Å². The Morgan fingerprint density at radius 1 is 0.897 bits per heavy atom. The Balaban J connectivity index is 2.12. The van der Waals surface area contributed by atoms with E-state index in [2.05, 4.69) is 5.32 Å². The molecule has 12 heteroatoms.